The van der Waals surface area contributed by atoms with Crippen molar-refractivity contribution in [1.29, 1.82) is 0 Å². The van der Waals surface area contributed by atoms with Crippen molar-refractivity contribution in [1.82, 2.24) is 9.80 Å². The van der Waals surface area contributed by atoms with Crippen molar-refractivity contribution >= 4 is 5.69 Å². The number of likely N-dealkylation sites (N-methyl/N-ethyl adjacent to an activating group) is 2. The first-order valence-electron chi connectivity index (χ1n) is 7.05. The summed E-state index contributed by atoms with van der Waals surface area (Å²) in [6, 6.07) is 8.10. The molecule has 0 aliphatic carbocycles. The van der Waals surface area contributed by atoms with E-state index >= 15 is 0 Å². The summed E-state index contributed by atoms with van der Waals surface area (Å²) in [5, 5.41) is 0. The molecule has 1 atom stereocenters. The Morgan fingerprint density at radius 3 is 2.89 bits per heavy atom. The van der Waals surface area contributed by atoms with Crippen LogP contribution in [0.2, 0.25) is 0 Å². The van der Waals surface area contributed by atoms with Crippen molar-refractivity contribution in [3.63, 3.8) is 0 Å². The van der Waals surface area contributed by atoms with Gasteiger partial charge in [0.25, 0.3) is 0 Å². The van der Waals surface area contributed by atoms with Gasteiger partial charge in [-0.2, -0.15) is 0 Å². The number of rotatable bonds is 5. The van der Waals surface area contributed by atoms with Gasteiger partial charge in [-0.05, 0) is 25.2 Å². The number of benzene rings is 1. The van der Waals surface area contributed by atoms with Crippen LogP contribution in [-0.4, -0.2) is 55.7 Å². The number of nitrogens with zero attached hydrogens (tertiary/aromatic N) is 2. The lowest BCUT2D eigenvalue weighted by molar-refractivity contribution is -0.0360. The fourth-order valence-electron chi connectivity index (χ4n) is 2.49. The van der Waals surface area contributed by atoms with E-state index in [1.807, 2.05) is 18.2 Å². The summed E-state index contributed by atoms with van der Waals surface area (Å²) in [6.07, 6.45) is 0.309. The minimum absolute atomic E-state index is 0.309. The molecular weight excluding hydrogens is 238 g/mol. The molecule has 0 radical (unpaired) electrons. The van der Waals surface area contributed by atoms with Gasteiger partial charge in [-0.3, -0.25) is 4.90 Å². The average molecular weight is 263 g/mol. The van der Waals surface area contributed by atoms with Gasteiger partial charge < -0.3 is 15.4 Å². The van der Waals surface area contributed by atoms with Gasteiger partial charge in [-0.25, -0.2) is 0 Å². The molecule has 0 saturated carbocycles. The Morgan fingerprint density at radius 1 is 1.42 bits per heavy atom. The van der Waals surface area contributed by atoms with E-state index in [9.17, 15) is 0 Å². The van der Waals surface area contributed by atoms with Crippen LogP contribution < -0.4 is 5.73 Å². The Bertz CT molecular complexity index is 397. The van der Waals surface area contributed by atoms with E-state index in [0.29, 0.717) is 6.10 Å². The first-order chi connectivity index (χ1) is 9.19. The van der Waals surface area contributed by atoms with E-state index < -0.39 is 0 Å². The molecule has 4 nitrogen and oxygen atoms in total. The summed E-state index contributed by atoms with van der Waals surface area (Å²) >= 11 is 0. The molecule has 2 rings (SSSR count). The van der Waals surface area contributed by atoms with Crippen molar-refractivity contribution in [3.05, 3.63) is 29.8 Å². The van der Waals surface area contributed by atoms with Crippen LogP contribution in [0, 0.1) is 0 Å². The molecule has 0 aromatic heterocycles. The fraction of sp³-hybridized carbons (Fsp3) is 0.600. The topological polar surface area (TPSA) is 41.7 Å². The van der Waals surface area contributed by atoms with Gasteiger partial charge in [0.15, 0.2) is 0 Å². The number of hydrogen-bond acceptors (Lipinski definition) is 4. The Morgan fingerprint density at radius 2 is 2.21 bits per heavy atom. The number of nitrogens with two attached hydrogens (primary N) is 1. The zero-order chi connectivity index (χ0) is 13.7. The fourth-order valence-corrected chi connectivity index (χ4v) is 2.49. The van der Waals surface area contributed by atoms with Crippen molar-refractivity contribution in [2.24, 2.45) is 0 Å². The smallest absolute Gasteiger partial charge is 0.0829 e. The van der Waals surface area contributed by atoms with Crippen LogP contribution in [0.25, 0.3) is 0 Å². The van der Waals surface area contributed by atoms with Gasteiger partial charge in [0.2, 0.25) is 0 Å². The molecule has 0 spiro atoms. The predicted molar refractivity (Wildman–Crippen MR) is 79.0 cm³/mol. The first-order valence-corrected chi connectivity index (χ1v) is 7.05. The zero-order valence-corrected chi connectivity index (χ0v) is 12.0. The van der Waals surface area contributed by atoms with Gasteiger partial charge >= 0.3 is 0 Å². The Kier molecular flexibility index (Phi) is 5.19. The van der Waals surface area contributed by atoms with E-state index in [0.717, 1.165) is 45.0 Å². The monoisotopic (exact) mass is 263 g/mol. The summed E-state index contributed by atoms with van der Waals surface area (Å²) in [5.74, 6) is 0. The predicted octanol–water partition coefficient (Wildman–Crippen LogP) is 1.42. The SMILES string of the molecule is CCN(Cc1ccccc1N)CC1CN(C)CCO1. The quantitative estimate of drug-likeness (QED) is 0.816. The van der Waals surface area contributed by atoms with Gasteiger partial charge in [0.05, 0.1) is 12.7 Å². The Balaban J connectivity index is 1.91. The molecule has 1 fully saturated rings. The molecule has 1 aliphatic heterocycles. The van der Waals surface area contributed by atoms with E-state index in [1.165, 1.54) is 5.56 Å². The molecule has 1 aromatic rings. The maximum absolute atomic E-state index is 6.01. The highest BCUT2D eigenvalue weighted by molar-refractivity contribution is 5.46. The number of anilines is 1. The third-order valence-electron chi connectivity index (χ3n) is 3.70. The lowest BCUT2D eigenvalue weighted by Crippen LogP contribution is -2.45. The van der Waals surface area contributed by atoms with Crippen molar-refractivity contribution < 1.29 is 4.74 Å². The minimum atomic E-state index is 0.309. The van der Waals surface area contributed by atoms with Crippen molar-refractivity contribution in [2.45, 2.75) is 19.6 Å². The van der Waals surface area contributed by atoms with E-state index in [1.54, 1.807) is 0 Å². The Hall–Kier alpha value is -1.10. The van der Waals surface area contributed by atoms with Crippen molar-refractivity contribution in [2.75, 3.05) is 45.6 Å². The normalized spacial score (nSPS) is 20.9. The van der Waals surface area contributed by atoms with E-state index in [4.69, 9.17) is 10.5 Å². The summed E-state index contributed by atoms with van der Waals surface area (Å²) in [5.41, 5.74) is 8.09. The van der Waals surface area contributed by atoms with Crippen LogP contribution in [0.4, 0.5) is 5.69 Å². The maximum Gasteiger partial charge on any atom is 0.0829 e. The molecule has 0 bridgehead atoms. The average Bonchev–Trinajstić information content (AvgIpc) is 2.40. The van der Waals surface area contributed by atoms with Crippen molar-refractivity contribution in [3.8, 4) is 0 Å². The highest BCUT2D eigenvalue weighted by atomic mass is 16.5. The zero-order valence-electron chi connectivity index (χ0n) is 12.0. The molecule has 1 unspecified atom stereocenters. The largest absolute Gasteiger partial charge is 0.398 e. The highest BCUT2D eigenvalue weighted by Crippen LogP contribution is 2.14. The third-order valence-corrected chi connectivity index (χ3v) is 3.70. The number of para-hydroxylation sites is 1. The summed E-state index contributed by atoms with van der Waals surface area (Å²) in [7, 11) is 2.15. The molecule has 0 amide bonds. The first kappa shape index (κ1) is 14.3. The van der Waals surface area contributed by atoms with Gasteiger partial charge in [0, 0.05) is 31.9 Å². The second kappa shape index (κ2) is 6.89. The summed E-state index contributed by atoms with van der Waals surface area (Å²) < 4.78 is 5.83. The molecule has 1 aliphatic rings. The number of hydrogen-bond donors (Lipinski definition) is 1. The van der Waals surface area contributed by atoms with Crippen LogP contribution >= 0.6 is 0 Å². The number of nitrogen functional groups attached to an aromatic ring is 1. The summed E-state index contributed by atoms with van der Waals surface area (Å²) in [4.78, 5) is 4.73. The third kappa shape index (κ3) is 4.20. The van der Waals surface area contributed by atoms with Crippen LogP contribution in [0.3, 0.4) is 0 Å². The lowest BCUT2D eigenvalue weighted by Gasteiger charge is -2.33. The molecule has 1 heterocycles. The number of ether oxygens (including phenoxy) is 1. The lowest BCUT2D eigenvalue weighted by atomic mass is 10.1. The summed E-state index contributed by atoms with van der Waals surface area (Å²) in [6.45, 7) is 7.95. The van der Waals surface area contributed by atoms with Gasteiger partial charge in [-0.1, -0.05) is 25.1 Å². The molecule has 4 heteroatoms. The molecule has 1 saturated heterocycles. The molecular formula is C15H25N3O. The van der Waals surface area contributed by atoms with E-state index in [-0.39, 0.29) is 0 Å². The minimum Gasteiger partial charge on any atom is -0.398 e. The standard InChI is InChI=1S/C15H25N3O/c1-3-18(10-13-6-4-5-7-15(13)16)12-14-11-17(2)8-9-19-14/h4-7,14H,3,8-12,16H2,1-2H3. The number of morpholine rings is 1. The Labute approximate surface area is 116 Å². The second-order valence-electron chi connectivity index (χ2n) is 5.28. The van der Waals surface area contributed by atoms with Gasteiger partial charge in [0.1, 0.15) is 0 Å². The molecule has 106 valence electrons. The molecule has 1 aromatic carbocycles. The van der Waals surface area contributed by atoms with Crippen LogP contribution in [0.15, 0.2) is 24.3 Å². The van der Waals surface area contributed by atoms with Crippen LogP contribution in [-0.2, 0) is 11.3 Å². The molecule has 2 N–H and O–H groups in total. The van der Waals surface area contributed by atoms with Gasteiger partial charge in [-0.15, -0.1) is 0 Å². The van der Waals surface area contributed by atoms with E-state index in [2.05, 4.69) is 29.8 Å². The van der Waals surface area contributed by atoms with Crippen LogP contribution in [0.1, 0.15) is 12.5 Å². The second-order valence-corrected chi connectivity index (χ2v) is 5.28. The van der Waals surface area contributed by atoms with Crippen LogP contribution in [0.5, 0.6) is 0 Å². The highest BCUT2D eigenvalue weighted by Gasteiger charge is 2.20. The molecule has 19 heavy (non-hydrogen) atoms. The maximum atomic E-state index is 6.01.